The van der Waals surface area contributed by atoms with Gasteiger partial charge >= 0.3 is 0 Å². The maximum atomic E-state index is 10.3. The molecule has 0 saturated heterocycles. The monoisotopic (exact) mass is 238 g/mol. The van der Waals surface area contributed by atoms with Gasteiger partial charge in [-0.25, -0.2) is 0 Å². The molecule has 1 aromatic carbocycles. The quantitative estimate of drug-likeness (QED) is 0.724. The van der Waals surface area contributed by atoms with Gasteiger partial charge < -0.3 is 25.6 Å². The van der Waals surface area contributed by atoms with Crippen molar-refractivity contribution < 1.29 is 14.6 Å². The molecule has 0 amide bonds. The Morgan fingerprint density at radius 3 is 2.76 bits per heavy atom. The van der Waals surface area contributed by atoms with Crippen LogP contribution in [-0.4, -0.2) is 32.4 Å². The Morgan fingerprint density at radius 2 is 2.18 bits per heavy atom. The molecule has 2 rings (SSSR count). The number of methoxy groups -OCH3 is 2. The first kappa shape index (κ1) is 12.0. The van der Waals surface area contributed by atoms with Crippen molar-refractivity contribution in [3.05, 3.63) is 17.7 Å². The van der Waals surface area contributed by atoms with E-state index in [1.165, 1.54) is 0 Å². The maximum absolute atomic E-state index is 10.3. The highest BCUT2D eigenvalue weighted by Gasteiger charge is 2.30. The predicted molar refractivity (Wildman–Crippen MR) is 65.5 cm³/mol. The fourth-order valence-electron chi connectivity index (χ4n) is 2.14. The second kappa shape index (κ2) is 4.81. The van der Waals surface area contributed by atoms with Crippen LogP contribution >= 0.6 is 0 Å². The first-order valence-electron chi connectivity index (χ1n) is 5.59. The fourth-order valence-corrected chi connectivity index (χ4v) is 2.14. The third kappa shape index (κ3) is 2.03. The van der Waals surface area contributed by atoms with Crippen LogP contribution in [0.25, 0.3) is 0 Å². The lowest BCUT2D eigenvalue weighted by atomic mass is 9.90. The number of benzene rings is 1. The Labute approximate surface area is 101 Å². The van der Waals surface area contributed by atoms with Gasteiger partial charge in [0.05, 0.1) is 20.3 Å². The zero-order valence-electron chi connectivity index (χ0n) is 10.1. The Kier molecular flexibility index (Phi) is 3.40. The fraction of sp³-hybridized carbons (Fsp3) is 0.500. The summed E-state index contributed by atoms with van der Waals surface area (Å²) in [5, 5.41) is 13.5. The van der Waals surface area contributed by atoms with E-state index in [0.717, 1.165) is 11.3 Å². The molecule has 0 spiro atoms. The van der Waals surface area contributed by atoms with Gasteiger partial charge in [-0.15, -0.1) is 0 Å². The van der Waals surface area contributed by atoms with Crippen LogP contribution in [0.5, 0.6) is 11.5 Å². The van der Waals surface area contributed by atoms with Crippen LogP contribution < -0.4 is 20.5 Å². The number of aliphatic hydroxyl groups is 1. The molecular weight excluding hydrogens is 220 g/mol. The van der Waals surface area contributed by atoms with Crippen LogP contribution in [0.3, 0.4) is 0 Å². The van der Waals surface area contributed by atoms with Crippen molar-refractivity contribution in [3.63, 3.8) is 0 Å². The van der Waals surface area contributed by atoms with Crippen LogP contribution in [0.15, 0.2) is 12.1 Å². The highest BCUT2D eigenvalue weighted by atomic mass is 16.5. The molecule has 1 aliphatic rings. The standard InChI is InChI=1S/C12H18N2O3/c1-16-8-3-9-11(10(4-8)17-2)12(15)7(5-13)6-14-9/h3-4,7,12,14-15H,5-6,13H2,1-2H3/t7-,12+/m0/s1. The molecule has 0 unspecified atom stereocenters. The molecule has 1 aromatic rings. The van der Waals surface area contributed by atoms with E-state index in [9.17, 15) is 5.11 Å². The average molecular weight is 238 g/mol. The van der Waals surface area contributed by atoms with E-state index < -0.39 is 6.10 Å². The molecule has 0 radical (unpaired) electrons. The largest absolute Gasteiger partial charge is 0.497 e. The lowest BCUT2D eigenvalue weighted by molar-refractivity contribution is 0.111. The maximum Gasteiger partial charge on any atom is 0.130 e. The SMILES string of the molecule is COc1cc2c(c(OC)c1)[C@H](O)[C@@H](CN)CN2. The number of nitrogens with two attached hydrogens (primary N) is 1. The van der Waals surface area contributed by atoms with E-state index in [0.29, 0.717) is 24.6 Å². The number of anilines is 1. The van der Waals surface area contributed by atoms with Gasteiger partial charge in [0.1, 0.15) is 11.5 Å². The summed E-state index contributed by atoms with van der Waals surface area (Å²) in [7, 11) is 3.18. The van der Waals surface area contributed by atoms with Gasteiger partial charge in [-0.05, 0) is 6.54 Å². The van der Waals surface area contributed by atoms with Crippen molar-refractivity contribution in [2.45, 2.75) is 6.10 Å². The normalized spacial score (nSPS) is 22.6. The van der Waals surface area contributed by atoms with Crippen LogP contribution in [0, 0.1) is 5.92 Å². The highest BCUT2D eigenvalue weighted by molar-refractivity contribution is 5.64. The molecule has 4 N–H and O–H groups in total. The number of rotatable bonds is 3. The Hall–Kier alpha value is -1.46. The second-order valence-corrected chi connectivity index (χ2v) is 4.11. The van der Waals surface area contributed by atoms with E-state index in [-0.39, 0.29) is 5.92 Å². The minimum absolute atomic E-state index is 0.00444. The summed E-state index contributed by atoms with van der Waals surface area (Å²) in [6.45, 7) is 1.09. The van der Waals surface area contributed by atoms with Gasteiger partial charge in [0.25, 0.3) is 0 Å². The molecule has 2 atom stereocenters. The van der Waals surface area contributed by atoms with Crippen molar-refractivity contribution in [1.29, 1.82) is 0 Å². The Bertz CT molecular complexity index is 392. The second-order valence-electron chi connectivity index (χ2n) is 4.11. The molecule has 0 saturated carbocycles. The van der Waals surface area contributed by atoms with Gasteiger partial charge in [0.15, 0.2) is 0 Å². The summed E-state index contributed by atoms with van der Waals surface area (Å²) in [4.78, 5) is 0. The van der Waals surface area contributed by atoms with Gasteiger partial charge in [0, 0.05) is 35.8 Å². The van der Waals surface area contributed by atoms with Gasteiger partial charge in [0.2, 0.25) is 0 Å². The van der Waals surface area contributed by atoms with Crippen LogP contribution in [-0.2, 0) is 0 Å². The number of aliphatic hydroxyl groups excluding tert-OH is 1. The topological polar surface area (TPSA) is 76.7 Å². The summed E-state index contributed by atoms with van der Waals surface area (Å²) < 4.78 is 10.5. The van der Waals surface area contributed by atoms with Crippen LogP contribution in [0.1, 0.15) is 11.7 Å². The molecule has 5 nitrogen and oxygen atoms in total. The Balaban J connectivity index is 2.47. The molecule has 0 aromatic heterocycles. The molecule has 0 bridgehead atoms. The Morgan fingerprint density at radius 1 is 1.41 bits per heavy atom. The van der Waals surface area contributed by atoms with Gasteiger partial charge in [-0.3, -0.25) is 0 Å². The third-order valence-electron chi connectivity index (χ3n) is 3.17. The van der Waals surface area contributed by atoms with E-state index in [4.69, 9.17) is 15.2 Å². The van der Waals surface area contributed by atoms with E-state index >= 15 is 0 Å². The van der Waals surface area contributed by atoms with Crippen molar-refractivity contribution in [2.24, 2.45) is 11.7 Å². The number of hydrogen-bond donors (Lipinski definition) is 3. The van der Waals surface area contributed by atoms with Crippen molar-refractivity contribution in [2.75, 3.05) is 32.6 Å². The molecular formula is C12H18N2O3. The molecule has 17 heavy (non-hydrogen) atoms. The summed E-state index contributed by atoms with van der Waals surface area (Å²) >= 11 is 0. The zero-order chi connectivity index (χ0) is 12.4. The molecule has 1 aliphatic heterocycles. The van der Waals surface area contributed by atoms with Crippen molar-refractivity contribution in [1.82, 2.24) is 0 Å². The van der Waals surface area contributed by atoms with Crippen molar-refractivity contribution in [3.8, 4) is 11.5 Å². The summed E-state index contributed by atoms with van der Waals surface area (Å²) in [6.07, 6.45) is -0.600. The number of hydrogen-bond acceptors (Lipinski definition) is 5. The van der Waals surface area contributed by atoms with Gasteiger partial charge in [-0.1, -0.05) is 0 Å². The minimum Gasteiger partial charge on any atom is -0.497 e. The van der Waals surface area contributed by atoms with Crippen LogP contribution in [0.4, 0.5) is 5.69 Å². The van der Waals surface area contributed by atoms with Gasteiger partial charge in [-0.2, -0.15) is 0 Å². The minimum atomic E-state index is -0.600. The highest BCUT2D eigenvalue weighted by Crippen LogP contribution is 2.42. The first-order valence-corrected chi connectivity index (χ1v) is 5.59. The average Bonchev–Trinajstić information content (AvgIpc) is 2.37. The number of ether oxygens (including phenoxy) is 2. The molecule has 5 heteroatoms. The van der Waals surface area contributed by atoms with Crippen LogP contribution in [0.2, 0.25) is 0 Å². The number of fused-ring (bicyclic) bond motifs is 1. The smallest absolute Gasteiger partial charge is 0.130 e. The molecule has 0 aliphatic carbocycles. The predicted octanol–water partition coefficient (Wildman–Crippen LogP) is 0.738. The van der Waals surface area contributed by atoms with E-state index in [1.54, 1.807) is 20.3 Å². The molecule has 94 valence electrons. The van der Waals surface area contributed by atoms with E-state index in [2.05, 4.69) is 5.32 Å². The van der Waals surface area contributed by atoms with Crippen molar-refractivity contribution >= 4 is 5.69 Å². The molecule has 1 heterocycles. The zero-order valence-corrected chi connectivity index (χ0v) is 10.1. The summed E-state index contributed by atoms with van der Waals surface area (Å²) in [5.41, 5.74) is 7.24. The lowest BCUT2D eigenvalue weighted by Gasteiger charge is -2.31. The first-order chi connectivity index (χ1) is 8.21. The lowest BCUT2D eigenvalue weighted by Crippen LogP contribution is -2.33. The molecule has 0 fully saturated rings. The summed E-state index contributed by atoms with van der Waals surface area (Å²) in [6, 6.07) is 3.62. The summed E-state index contributed by atoms with van der Waals surface area (Å²) in [5.74, 6) is 1.33. The third-order valence-corrected chi connectivity index (χ3v) is 3.17. The number of nitrogens with one attached hydrogen (secondary N) is 1. The van der Waals surface area contributed by atoms with E-state index in [1.807, 2.05) is 6.07 Å².